The molecule has 0 aromatic heterocycles. The minimum Gasteiger partial charge on any atom is -0.350 e. The van der Waals surface area contributed by atoms with Gasteiger partial charge in [0.1, 0.15) is 0 Å². The summed E-state index contributed by atoms with van der Waals surface area (Å²) >= 11 is 5.87. The number of nitrogens with zero attached hydrogens (tertiary/aromatic N) is 3. The molecule has 4 rings (SSSR count). The highest BCUT2D eigenvalue weighted by Gasteiger charge is 2.58. The van der Waals surface area contributed by atoms with E-state index in [2.05, 4.69) is 5.32 Å². The average molecular weight is 441 g/mol. The second-order valence-corrected chi connectivity index (χ2v) is 10.7. The predicted octanol–water partition coefficient (Wildman–Crippen LogP) is 1.22. The molecule has 3 saturated heterocycles. The molecule has 1 N–H and O–H groups in total. The Hall–Kier alpha value is -1.84. The first-order valence-electron chi connectivity index (χ1n) is 9.68. The Bertz CT molecular complexity index is 926. The molecule has 29 heavy (non-hydrogen) atoms. The number of piperidine rings is 1. The number of hydrogen-bond acceptors (Lipinski definition) is 4. The number of fused-ring (bicyclic) bond motifs is 2. The minimum absolute atomic E-state index is 0.0132. The van der Waals surface area contributed by atoms with E-state index in [9.17, 15) is 18.0 Å². The van der Waals surface area contributed by atoms with Crippen molar-refractivity contribution in [2.45, 2.75) is 23.3 Å². The van der Waals surface area contributed by atoms with E-state index in [1.165, 1.54) is 21.3 Å². The van der Waals surface area contributed by atoms with Gasteiger partial charge in [-0.05, 0) is 37.1 Å². The molecular weight excluding hydrogens is 416 g/mol. The Labute approximate surface area is 175 Å². The standard InChI is InChI=1S/C19H25ClN4O4S/c1-22(2)18(26)23-11-15-16(12-23)19(21-17(15)25)7-9-24(10-8-19)29(27,28)14-5-3-13(20)4-6-14/h3-6,15-16H,7-12H2,1-2H3,(H,21,25)/t15-,16+/m1/s1. The van der Waals surface area contributed by atoms with Gasteiger partial charge in [-0.15, -0.1) is 0 Å². The largest absolute Gasteiger partial charge is 0.350 e. The summed E-state index contributed by atoms with van der Waals surface area (Å²) in [4.78, 5) is 28.4. The molecule has 3 heterocycles. The molecule has 0 unspecified atom stereocenters. The van der Waals surface area contributed by atoms with Crippen LogP contribution in [0.25, 0.3) is 0 Å². The van der Waals surface area contributed by atoms with Gasteiger partial charge in [-0.1, -0.05) is 11.6 Å². The van der Waals surface area contributed by atoms with Crippen LogP contribution in [-0.4, -0.2) is 80.3 Å². The molecule has 0 aliphatic carbocycles. The number of rotatable bonds is 2. The zero-order valence-electron chi connectivity index (χ0n) is 16.5. The number of carbonyl (C=O) groups is 2. The molecule has 0 bridgehead atoms. The Morgan fingerprint density at radius 1 is 1.17 bits per heavy atom. The van der Waals surface area contributed by atoms with E-state index in [1.807, 2.05) is 0 Å². The number of benzene rings is 1. The molecule has 1 aromatic carbocycles. The maximum absolute atomic E-state index is 12.9. The molecule has 3 amide bonds. The van der Waals surface area contributed by atoms with Crippen molar-refractivity contribution in [3.05, 3.63) is 29.3 Å². The number of nitrogens with one attached hydrogen (secondary N) is 1. The van der Waals surface area contributed by atoms with Crippen molar-refractivity contribution in [1.29, 1.82) is 0 Å². The molecule has 0 radical (unpaired) electrons. The van der Waals surface area contributed by atoms with Gasteiger partial charge in [0.25, 0.3) is 0 Å². The molecule has 10 heteroatoms. The number of amides is 3. The predicted molar refractivity (Wildman–Crippen MR) is 108 cm³/mol. The fraction of sp³-hybridized carbons (Fsp3) is 0.579. The molecule has 1 spiro atoms. The van der Waals surface area contributed by atoms with Gasteiger partial charge >= 0.3 is 6.03 Å². The van der Waals surface area contributed by atoms with Gasteiger partial charge in [-0.3, -0.25) is 4.79 Å². The lowest BCUT2D eigenvalue weighted by atomic mass is 9.76. The number of likely N-dealkylation sites (tertiary alicyclic amines) is 1. The van der Waals surface area contributed by atoms with Gasteiger partial charge in [0, 0.05) is 56.8 Å². The third-order valence-corrected chi connectivity index (χ3v) is 8.62. The second kappa shape index (κ2) is 7.14. The van der Waals surface area contributed by atoms with Crippen LogP contribution in [0, 0.1) is 11.8 Å². The molecule has 2 atom stereocenters. The Morgan fingerprint density at radius 2 is 1.79 bits per heavy atom. The average Bonchev–Trinajstić information content (AvgIpc) is 3.23. The van der Waals surface area contributed by atoms with Gasteiger partial charge in [-0.2, -0.15) is 4.31 Å². The van der Waals surface area contributed by atoms with Crippen molar-refractivity contribution in [3.63, 3.8) is 0 Å². The van der Waals surface area contributed by atoms with Gasteiger partial charge in [0.2, 0.25) is 15.9 Å². The fourth-order valence-electron chi connectivity index (χ4n) is 4.88. The summed E-state index contributed by atoms with van der Waals surface area (Å²) in [5.41, 5.74) is -0.449. The highest BCUT2D eigenvalue weighted by atomic mass is 35.5. The van der Waals surface area contributed by atoms with Crippen molar-refractivity contribution < 1.29 is 18.0 Å². The van der Waals surface area contributed by atoms with Crippen molar-refractivity contribution in [3.8, 4) is 0 Å². The third kappa shape index (κ3) is 3.39. The molecule has 1 aromatic rings. The molecule has 3 aliphatic heterocycles. The summed E-state index contributed by atoms with van der Waals surface area (Å²) in [7, 11) is -0.204. The fourth-order valence-corrected chi connectivity index (χ4v) is 6.44. The van der Waals surface area contributed by atoms with Gasteiger partial charge in [0.15, 0.2) is 0 Å². The molecule has 158 valence electrons. The Balaban J connectivity index is 1.49. The van der Waals surface area contributed by atoms with E-state index in [0.29, 0.717) is 44.0 Å². The van der Waals surface area contributed by atoms with Crippen LogP contribution in [0.15, 0.2) is 29.2 Å². The second-order valence-electron chi connectivity index (χ2n) is 8.30. The molecule has 8 nitrogen and oxygen atoms in total. The first-order chi connectivity index (χ1) is 13.6. The van der Waals surface area contributed by atoms with Crippen molar-refractivity contribution in [2.24, 2.45) is 11.8 Å². The molecule has 0 saturated carbocycles. The van der Waals surface area contributed by atoms with E-state index in [-0.39, 0.29) is 28.7 Å². The van der Waals surface area contributed by atoms with Crippen molar-refractivity contribution >= 4 is 33.6 Å². The monoisotopic (exact) mass is 440 g/mol. The lowest BCUT2D eigenvalue weighted by molar-refractivity contribution is -0.123. The molecule has 3 aliphatic rings. The topological polar surface area (TPSA) is 90.0 Å². The maximum Gasteiger partial charge on any atom is 0.319 e. The van der Waals surface area contributed by atoms with Gasteiger partial charge in [-0.25, -0.2) is 13.2 Å². The van der Waals surface area contributed by atoms with E-state index >= 15 is 0 Å². The van der Waals surface area contributed by atoms with Crippen LogP contribution in [0.3, 0.4) is 0 Å². The SMILES string of the molecule is CN(C)C(=O)N1C[C@H]2C(=O)NC3(CCN(S(=O)(=O)c4ccc(Cl)cc4)CC3)[C@H]2C1. The van der Waals surface area contributed by atoms with Crippen molar-refractivity contribution in [1.82, 2.24) is 19.4 Å². The summed E-state index contributed by atoms with van der Waals surface area (Å²) in [6.45, 7) is 1.60. The van der Waals surface area contributed by atoms with Crippen LogP contribution in [0.4, 0.5) is 4.79 Å². The molecular formula is C19H25ClN4O4S. The number of carbonyl (C=O) groups excluding carboxylic acids is 2. The summed E-state index contributed by atoms with van der Waals surface area (Å²) in [5.74, 6) is -0.240. The molecule has 3 fully saturated rings. The normalized spacial score (nSPS) is 26.4. The third-order valence-electron chi connectivity index (χ3n) is 6.46. The van der Waals surface area contributed by atoms with Gasteiger partial charge in [0.05, 0.1) is 10.8 Å². The van der Waals surface area contributed by atoms with Crippen LogP contribution in [-0.2, 0) is 14.8 Å². The summed E-state index contributed by atoms with van der Waals surface area (Å²) in [5, 5.41) is 3.64. The van der Waals surface area contributed by atoms with Crippen LogP contribution < -0.4 is 5.32 Å². The highest BCUT2D eigenvalue weighted by Crippen LogP contribution is 2.44. The zero-order chi connectivity index (χ0) is 21.0. The lowest BCUT2D eigenvalue weighted by Gasteiger charge is -2.42. The van der Waals surface area contributed by atoms with Crippen LogP contribution in [0.5, 0.6) is 0 Å². The van der Waals surface area contributed by atoms with E-state index < -0.39 is 15.6 Å². The van der Waals surface area contributed by atoms with Gasteiger partial charge < -0.3 is 15.1 Å². The number of sulfonamides is 1. The van der Waals surface area contributed by atoms with E-state index in [1.54, 1.807) is 31.1 Å². The summed E-state index contributed by atoms with van der Waals surface area (Å²) < 4.78 is 27.4. The lowest BCUT2D eigenvalue weighted by Crippen LogP contribution is -2.56. The van der Waals surface area contributed by atoms with Crippen LogP contribution in [0.2, 0.25) is 5.02 Å². The Morgan fingerprint density at radius 3 is 2.38 bits per heavy atom. The zero-order valence-corrected chi connectivity index (χ0v) is 18.0. The first kappa shape index (κ1) is 20.4. The first-order valence-corrected chi connectivity index (χ1v) is 11.5. The van der Waals surface area contributed by atoms with Crippen LogP contribution in [0.1, 0.15) is 12.8 Å². The van der Waals surface area contributed by atoms with Crippen molar-refractivity contribution in [2.75, 3.05) is 40.3 Å². The maximum atomic E-state index is 12.9. The summed E-state index contributed by atoms with van der Waals surface area (Å²) in [6, 6.07) is 6.06. The van der Waals surface area contributed by atoms with E-state index in [4.69, 9.17) is 11.6 Å². The van der Waals surface area contributed by atoms with E-state index in [0.717, 1.165) is 0 Å². The number of halogens is 1. The summed E-state index contributed by atoms with van der Waals surface area (Å²) in [6.07, 6.45) is 1.08. The van der Waals surface area contributed by atoms with Crippen LogP contribution >= 0.6 is 11.6 Å². The minimum atomic E-state index is -3.61. The quantitative estimate of drug-likeness (QED) is 0.748. The number of urea groups is 1. The number of hydrogen-bond donors (Lipinski definition) is 1. The highest BCUT2D eigenvalue weighted by molar-refractivity contribution is 7.89. The smallest absolute Gasteiger partial charge is 0.319 e. The Kier molecular flexibility index (Phi) is 5.03.